The predicted molar refractivity (Wildman–Crippen MR) is 87.0 cm³/mol. The third-order valence-electron chi connectivity index (χ3n) is 3.33. The maximum Gasteiger partial charge on any atom is 0.419 e. The molecule has 8 heteroatoms. The summed E-state index contributed by atoms with van der Waals surface area (Å²) in [6.45, 7) is 6.92. The summed E-state index contributed by atoms with van der Waals surface area (Å²) in [6, 6.07) is 4.42. The van der Waals surface area contributed by atoms with Crippen molar-refractivity contribution < 1.29 is 17.6 Å². The van der Waals surface area contributed by atoms with E-state index in [9.17, 15) is 13.2 Å². The Morgan fingerprint density at radius 3 is 2.74 bits per heavy atom. The molecule has 0 aliphatic heterocycles. The van der Waals surface area contributed by atoms with Gasteiger partial charge in [0.2, 0.25) is 10.0 Å². The molecule has 2 rings (SSSR count). The number of aryl methyl sites for hydroxylation is 1. The molecule has 0 fully saturated rings. The van der Waals surface area contributed by atoms with Crippen LogP contribution in [0.1, 0.15) is 27.2 Å². The van der Waals surface area contributed by atoms with Crippen molar-refractivity contribution in [1.29, 1.82) is 0 Å². The number of nitrogens with zero attached hydrogens (tertiary/aromatic N) is 1. The molecule has 1 N–H and O–H groups in total. The van der Waals surface area contributed by atoms with Crippen LogP contribution in [0.5, 0.6) is 0 Å². The number of fused-ring (bicyclic) bond motifs is 1. The van der Waals surface area contributed by atoms with Crippen molar-refractivity contribution in [3.63, 3.8) is 0 Å². The largest absolute Gasteiger partial charge is 0.419 e. The molecule has 0 unspecified atom stereocenters. The number of sulfonamides is 1. The van der Waals surface area contributed by atoms with E-state index in [2.05, 4.69) is 4.72 Å². The normalized spacial score (nSPS) is 12.3. The number of rotatable bonds is 8. The van der Waals surface area contributed by atoms with E-state index < -0.39 is 15.8 Å². The van der Waals surface area contributed by atoms with Crippen LogP contribution in [-0.2, 0) is 21.3 Å². The quantitative estimate of drug-likeness (QED) is 0.738. The Morgan fingerprint density at radius 1 is 1.35 bits per heavy atom. The average molecular weight is 342 g/mol. The van der Waals surface area contributed by atoms with Gasteiger partial charge >= 0.3 is 5.76 Å². The standard InChI is InChI=1S/C15H22N2O5S/c1-4-17-13-7-6-12(10-14(13)22-15(17)18)23(19,20)16-8-5-9-21-11(2)3/h6-7,10-11,16H,4-5,8-9H2,1-3H3. The first-order valence-corrected chi connectivity index (χ1v) is 9.08. The van der Waals surface area contributed by atoms with Gasteiger partial charge in [-0.25, -0.2) is 17.9 Å². The van der Waals surface area contributed by atoms with E-state index in [-0.39, 0.29) is 23.1 Å². The van der Waals surface area contributed by atoms with Crippen LogP contribution in [0.2, 0.25) is 0 Å². The van der Waals surface area contributed by atoms with E-state index in [1.54, 1.807) is 6.07 Å². The van der Waals surface area contributed by atoms with Crippen LogP contribution >= 0.6 is 0 Å². The molecular weight excluding hydrogens is 320 g/mol. The fourth-order valence-electron chi connectivity index (χ4n) is 2.19. The van der Waals surface area contributed by atoms with Gasteiger partial charge in [-0.3, -0.25) is 4.57 Å². The molecule has 0 amide bonds. The van der Waals surface area contributed by atoms with Gasteiger partial charge in [0.15, 0.2) is 5.58 Å². The lowest BCUT2D eigenvalue weighted by Gasteiger charge is -2.09. The number of hydrogen-bond donors (Lipinski definition) is 1. The van der Waals surface area contributed by atoms with Crippen LogP contribution in [0.15, 0.2) is 32.3 Å². The lowest BCUT2D eigenvalue weighted by atomic mass is 10.3. The van der Waals surface area contributed by atoms with Gasteiger partial charge in [0.05, 0.1) is 16.5 Å². The molecule has 128 valence electrons. The minimum absolute atomic E-state index is 0.0757. The van der Waals surface area contributed by atoms with Crippen LogP contribution < -0.4 is 10.5 Å². The smallest absolute Gasteiger partial charge is 0.408 e. The molecule has 0 radical (unpaired) electrons. The molecule has 7 nitrogen and oxygen atoms in total. The third kappa shape index (κ3) is 4.21. The van der Waals surface area contributed by atoms with Gasteiger partial charge in [0.1, 0.15) is 0 Å². The van der Waals surface area contributed by atoms with Crippen LogP contribution in [0, 0.1) is 0 Å². The van der Waals surface area contributed by atoms with Crippen LogP contribution in [0.25, 0.3) is 11.1 Å². The first kappa shape index (κ1) is 17.7. The first-order chi connectivity index (χ1) is 10.8. The second-order valence-corrected chi connectivity index (χ2v) is 7.18. The fourth-order valence-corrected chi connectivity index (χ4v) is 3.28. The second kappa shape index (κ2) is 7.29. The first-order valence-electron chi connectivity index (χ1n) is 7.60. The Kier molecular flexibility index (Phi) is 5.61. The molecule has 0 aliphatic carbocycles. The van der Waals surface area contributed by atoms with Crippen molar-refractivity contribution in [2.75, 3.05) is 13.2 Å². The summed E-state index contributed by atoms with van der Waals surface area (Å²) in [6.07, 6.45) is 0.709. The van der Waals surface area contributed by atoms with Crippen molar-refractivity contribution >= 4 is 21.1 Å². The van der Waals surface area contributed by atoms with Gasteiger partial charge in [-0.2, -0.15) is 0 Å². The molecule has 1 aromatic carbocycles. The van der Waals surface area contributed by atoms with E-state index in [1.165, 1.54) is 16.7 Å². The minimum Gasteiger partial charge on any atom is -0.408 e. The Labute approximate surface area is 135 Å². The summed E-state index contributed by atoms with van der Waals surface area (Å²) in [7, 11) is -3.64. The number of benzene rings is 1. The lowest BCUT2D eigenvalue weighted by molar-refractivity contribution is 0.0778. The van der Waals surface area contributed by atoms with Crippen LogP contribution in [-0.4, -0.2) is 32.2 Å². The Balaban J connectivity index is 2.11. The zero-order chi connectivity index (χ0) is 17.0. The zero-order valence-electron chi connectivity index (χ0n) is 13.5. The van der Waals surface area contributed by atoms with E-state index in [1.807, 2.05) is 20.8 Å². The summed E-state index contributed by atoms with van der Waals surface area (Å²) in [5.41, 5.74) is 0.852. The van der Waals surface area contributed by atoms with Crippen molar-refractivity contribution in [2.45, 2.75) is 44.7 Å². The highest BCUT2D eigenvalue weighted by atomic mass is 32.2. The van der Waals surface area contributed by atoms with Gasteiger partial charge in [-0.1, -0.05) is 0 Å². The summed E-state index contributed by atoms with van der Waals surface area (Å²) in [5.74, 6) is -0.490. The summed E-state index contributed by atoms with van der Waals surface area (Å²) >= 11 is 0. The number of hydrogen-bond acceptors (Lipinski definition) is 5. The van der Waals surface area contributed by atoms with Crippen LogP contribution in [0.3, 0.4) is 0 Å². The van der Waals surface area contributed by atoms with E-state index in [0.29, 0.717) is 25.1 Å². The molecule has 0 saturated carbocycles. The van der Waals surface area contributed by atoms with Gasteiger partial charge in [0, 0.05) is 25.8 Å². The molecule has 23 heavy (non-hydrogen) atoms. The average Bonchev–Trinajstić information content (AvgIpc) is 2.80. The maximum absolute atomic E-state index is 12.3. The monoisotopic (exact) mass is 342 g/mol. The van der Waals surface area contributed by atoms with Crippen molar-refractivity contribution in [3.05, 3.63) is 28.7 Å². The zero-order valence-corrected chi connectivity index (χ0v) is 14.4. The highest BCUT2D eigenvalue weighted by molar-refractivity contribution is 7.89. The van der Waals surface area contributed by atoms with Crippen molar-refractivity contribution in [2.24, 2.45) is 0 Å². The van der Waals surface area contributed by atoms with E-state index >= 15 is 0 Å². The molecule has 0 aliphatic rings. The Hall–Kier alpha value is -1.64. The molecule has 2 aromatic rings. The van der Waals surface area contributed by atoms with Gasteiger partial charge in [-0.05, 0) is 39.3 Å². The summed E-state index contributed by atoms with van der Waals surface area (Å²) < 4.78 is 38.9. The summed E-state index contributed by atoms with van der Waals surface area (Å²) in [4.78, 5) is 11.7. The molecule has 0 bridgehead atoms. The number of ether oxygens (including phenoxy) is 1. The number of nitrogens with one attached hydrogen (secondary N) is 1. The lowest BCUT2D eigenvalue weighted by Crippen LogP contribution is -2.25. The topological polar surface area (TPSA) is 90.5 Å². The fraction of sp³-hybridized carbons (Fsp3) is 0.533. The van der Waals surface area contributed by atoms with Crippen LogP contribution in [0.4, 0.5) is 0 Å². The van der Waals surface area contributed by atoms with Crippen molar-refractivity contribution in [3.8, 4) is 0 Å². The number of aromatic nitrogens is 1. The SMILES string of the molecule is CCn1c(=O)oc2cc(S(=O)(=O)NCCCOC(C)C)ccc21. The molecular formula is C15H22N2O5S. The third-order valence-corrected chi connectivity index (χ3v) is 4.79. The van der Waals surface area contributed by atoms with Gasteiger partial charge in [-0.15, -0.1) is 0 Å². The molecule has 1 aromatic heterocycles. The van der Waals surface area contributed by atoms with Gasteiger partial charge < -0.3 is 9.15 Å². The minimum atomic E-state index is -3.64. The summed E-state index contributed by atoms with van der Waals surface area (Å²) in [5, 5.41) is 0. The highest BCUT2D eigenvalue weighted by Gasteiger charge is 2.16. The highest BCUT2D eigenvalue weighted by Crippen LogP contribution is 2.18. The van der Waals surface area contributed by atoms with E-state index in [0.717, 1.165) is 0 Å². The molecule has 0 atom stereocenters. The second-order valence-electron chi connectivity index (χ2n) is 5.41. The number of oxazole rings is 1. The predicted octanol–water partition coefficient (Wildman–Crippen LogP) is 1.71. The molecule has 1 heterocycles. The Morgan fingerprint density at radius 2 is 2.09 bits per heavy atom. The Bertz CT molecular complexity index is 820. The van der Waals surface area contributed by atoms with E-state index in [4.69, 9.17) is 9.15 Å². The maximum atomic E-state index is 12.3. The molecule has 0 saturated heterocycles. The van der Waals surface area contributed by atoms with Crippen molar-refractivity contribution in [1.82, 2.24) is 9.29 Å². The van der Waals surface area contributed by atoms with Gasteiger partial charge in [0.25, 0.3) is 0 Å². The molecule has 0 spiro atoms.